The summed E-state index contributed by atoms with van der Waals surface area (Å²) >= 11 is 0. The predicted octanol–water partition coefficient (Wildman–Crippen LogP) is 4.23. The molecule has 1 fully saturated rings. The van der Waals surface area contributed by atoms with Crippen LogP contribution in [0, 0.1) is 0 Å². The molecule has 1 aliphatic heterocycles. The van der Waals surface area contributed by atoms with Crippen LogP contribution in [0.5, 0.6) is 0 Å². The number of Topliss-reactive ketones (excluding diaryl/α,β-unsaturated/α-hetero) is 2. The smallest absolute Gasteiger partial charge is 0.172 e. The van der Waals surface area contributed by atoms with Crippen LogP contribution in [0.1, 0.15) is 46.7 Å². The third-order valence-corrected chi connectivity index (χ3v) is 7.46. The molecule has 7 rings (SSSR count). The van der Waals surface area contributed by atoms with Crippen molar-refractivity contribution in [2.75, 3.05) is 0 Å². The van der Waals surface area contributed by atoms with Crippen LogP contribution < -0.4 is 0 Å². The number of aromatic amines is 1. The second-order valence-electron chi connectivity index (χ2n) is 9.39. The molecule has 0 saturated carbocycles. The first-order valence-electron chi connectivity index (χ1n) is 11.5. The Morgan fingerprint density at radius 1 is 0.941 bits per heavy atom. The van der Waals surface area contributed by atoms with Crippen molar-refractivity contribution in [2.24, 2.45) is 0 Å². The summed E-state index contributed by atoms with van der Waals surface area (Å²) < 4.78 is 8.23. The highest BCUT2D eigenvalue weighted by atomic mass is 16.5. The van der Waals surface area contributed by atoms with Gasteiger partial charge in [-0.2, -0.15) is 0 Å². The van der Waals surface area contributed by atoms with E-state index in [9.17, 15) is 19.8 Å². The van der Waals surface area contributed by atoms with Crippen molar-refractivity contribution in [1.29, 1.82) is 0 Å². The van der Waals surface area contributed by atoms with E-state index in [-0.39, 0.29) is 24.4 Å². The molecule has 3 N–H and O–H groups in total. The van der Waals surface area contributed by atoms with Gasteiger partial charge in [0.1, 0.15) is 12.3 Å². The lowest BCUT2D eigenvalue weighted by Gasteiger charge is -2.36. The molecule has 7 nitrogen and oxygen atoms in total. The second kappa shape index (κ2) is 6.76. The van der Waals surface area contributed by atoms with Gasteiger partial charge in [-0.05, 0) is 19.1 Å². The Bertz CT molecular complexity index is 1680. The molecule has 3 heterocycles. The van der Waals surface area contributed by atoms with Crippen molar-refractivity contribution in [3.63, 3.8) is 0 Å². The average Bonchev–Trinajstić information content (AvgIpc) is 3.46. The number of hydrogen-bond acceptors (Lipinski definition) is 5. The van der Waals surface area contributed by atoms with Crippen molar-refractivity contribution < 1.29 is 24.5 Å². The first-order valence-corrected chi connectivity index (χ1v) is 11.5. The van der Waals surface area contributed by atoms with E-state index in [1.54, 1.807) is 6.92 Å². The molecule has 7 heteroatoms. The van der Waals surface area contributed by atoms with Crippen molar-refractivity contribution in [3.05, 3.63) is 59.7 Å². The molecule has 2 aromatic heterocycles. The average molecular weight is 454 g/mol. The van der Waals surface area contributed by atoms with Crippen molar-refractivity contribution >= 4 is 55.2 Å². The van der Waals surface area contributed by atoms with Crippen LogP contribution in [0.2, 0.25) is 0 Å². The van der Waals surface area contributed by atoms with Crippen LogP contribution in [0.3, 0.4) is 0 Å². The lowest BCUT2D eigenvalue weighted by molar-refractivity contribution is -0.182. The molecule has 0 bridgehead atoms. The van der Waals surface area contributed by atoms with Gasteiger partial charge in [-0.15, -0.1) is 0 Å². The normalized spacial score (nSPS) is 25.3. The quantitative estimate of drug-likeness (QED) is 0.329. The molecule has 170 valence electrons. The zero-order valence-electron chi connectivity index (χ0n) is 18.4. The number of carbonyl (C=O) groups excluding carboxylic acids is 2. The number of carbonyl (C=O) groups is 2. The lowest BCUT2D eigenvalue weighted by Crippen LogP contribution is -2.45. The number of nitrogens with zero attached hydrogens (tertiary/aromatic N) is 1. The molecule has 1 aliphatic carbocycles. The predicted molar refractivity (Wildman–Crippen MR) is 128 cm³/mol. The molecule has 2 aliphatic rings. The van der Waals surface area contributed by atoms with Gasteiger partial charge in [-0.1, -0.05) is 36.4 Å². The molecule has 3 aromatic carbocycles. The monoisotopic (exact) mass is 454 g/mol. The number of rotatable bonds is 1. The van der Waals surface area contributed by atoms with Crippen LogP contribution in [0.15, 0.2) is 48.5 Å². The molecule has 1 saturated heterocycles. The number of ether oxygens (including phenoxy) is 1. The third kappa shape index (κ3) is 2.41. The van der Waals surface area contributed by atoms with Gasteiger partial charge in [0, 0.05) is 44.6 Å². The fraction of sp³-hybridized carbons (Fsp3) is 0.259. The summed E-state index contributed by atoms with van der Waals surface area (Å²) in [7, 11) is 0. The van der Waals surface area contributed by atoms with Gasteiger partial charge < -0.3 is 24.5 Å². The van der Waals surface area contributed by atoms with Gasteiger partial charge in [-0.3, -0.25) is 9.59 Å². The second-order valence-corrected chi connectivity index (χ2v) is 9.39. The fourth-order valence-corrected chi connectivity index (χ4v) is 5.98. The maximum atomic E-state index is 13.2. The molecule has 4 atom stereocenters. The standard InChI is InChI=1S/C27H22N2O5/c1-12-27(33)19(32)11-20(34-12)29-16-9-5-3-7-14(16)22-24-18(31)10-17(30)23(24)21-13-6-2-4-8-15(13)28-25(21)26(22)29/h2-9,12,19-20,27-28,32-33H,10-11H2,1H3/t12-,19-,20+,27-/m0/s1. The van der Waals surface area contributed by atoms with E-state index in [4.69, 9.17) is 4.74 Å². The number of ketones is 2. The summed E-state index contributed by atoms with van der Waals surface area (Å²) in [5.41, 5.74) is 4.22. The van der Waals surface area contributed by atoms with E-state index in [0.717, 1.165) is 43.6 Å². The molecular formula is C27H22N2O5. The zero-order valence-corrected chi connectivity index (χ0v) is 18.4. The minimum absolute atomic E-state index is 0.134. The van der Waals surface area contributed by atoms with Crippen molar-refractivity contribution in [3.8, 4) is 0 Å². The number of fused-ring (bicyclic) bond motifs is 10. The van der Waals surface area contributed by atoms with E-state index >= 15 is 0 Å². The SMILES string of the molecule is C[C@@H]1O[C@@H](n2c3ccccc3c3c4c(c5c6ccccc6[nH]c5c32)C(=O)CC4=O)C[C@H](O)[C@H]1O. The summed E-state index contributed by atoms with van der Waals surface area (Å²) in [4.78, 5) is 29.8. The van der Waals surface area contributed by atoms with Gasteiger partial charge in [0.05, 0.1) is 35.2 Å². The summed E-state index contributed by atoms with van der Waals surface area (Å²) in [6.45, 7) is 1.74. The van der Waals surface area contributed by atoms with E-state index in [1.807, 2.05) is 53.1 Å². The Kier molecular flexibility index (Phi) is 3.96. The maximum Gasteiger partial charge on any atom is 0.172 e. The number of H-pyrrole nitrogens is 1. The minimum atomic E-state index is -0.971. The van der Waals surface area contributed by atoms with Gasteiger partial charge in [0.15, 0.2) is 11.6 Å². The molecule has 0 radical (unpaired) electrons. The maximum absolute atomic E-state index is 13.2. The van der Waals surface area contributed by atoms with Crippen LogP contribution >= 0.6 is 0 Å². The first-order chi connectivity index (χ1) is 16.5. The largest absolute Gasteiger partial charge is 0.390 e. The van der Waals surface area contributed by atoms with E-state index < -0.39 is 24.5 Å². The van der Waals surface area contributed by atoms with Crippen molar-refractivity contribution in [1.82, 2.24) is 9.55 Å². The van der Waals surface area contributed by atoms with Crippen LogP contribution in [0.4, 0.5) is 0 Å². The first kappa shape index (κ1) is 19.9. The molecule has 34 heavy (non-hydrogen) atoms. The Balaban J connectivity index is 1.72. The zero-order chi connectivity index (χ0) is 23.3. The number of aliphatic hydroxyl groups excluding tert-OH is 2. The molecular weight excluding hydrogens is 432 g/mol. The number of aliphatic hydroxyl groups is 2. The number of benzene rings is 3. The lowest BCUT2D eigenvalue weighted by atomic mass is 9.96. The van der Waals surface area contributed by atoms with E-state index in [1.165, 1.54) is 0 Å². The molecule has 0 amide bonds. The summed E-state index contributed by atoms with van der Waals surface area (Å²) in [5, 5.41) is 24.1. The number of nitrogens with one attached hydrogen (secondary N) is 1. The highest BCUT2D eigenvalue weighted by molar-refractivity contribution is 6.40. The fourth-order valence-electron chi connectivity index (χ4n) is 5.98. The van der Waals surface area contributed by atoms with Gasteiger partial charge in [0.2, 0.25) is 0 Å². The topological polar surface area (TPSA) is 105 Å². The molecule has 0 unspecified atom stereocenters. The number of para-hydroxylation sites is 2. The highest BCUT2D eigenvalue weighted by Gasteiger charge is 2.39. The van der Waals surface area contributed by atoms with Gasteiger partial charge >= 0.3 is 0 Å². The number of hydrogen-bond donors (Lipinski definition) is 3. The Morgan fingerprint density at radius 2 is 1.62 bits per heavy atom. The van der Waals surface area contributed by atoms with Crippen LogP contribution in [-0.4, -0.2) is 49.6 Å². The minimum Gasteiger partial charge on any atom is -0.390 e. The Hall–Kier alpha value is -3.52. The third-order valence-electron chi connectivity index (χ3n) is 7.46. The van der Waals surface area contributed by atoms with E-state index in [2.05, 4.69) is 4.98 Å². The Morgan fingerprint density at radius 3 is 2.38 bits per heavy atom. The summed E-state index contributed by atoms with van der Waals surface area (Å²) in [5.74, 6) is -0.331. The van der Waals surface area contributed by atoms with Gasteiger partial charge in [-0.25, -0.2) is 0 Å². The molecule has 5 aromatic rings. The van der Waals surface area contributed by atoms with Gasteiger partial charge in [0.25, 0.3) is 0 Å². The van der Waals surface area contributed by atoms with Crippen LogP contribution in [0.25, 0.3) is 43.6 Å². The Labute approximate surface area is 193 Å². The van der Waals surface area contributed by atoms with E-state index in [0.29, 0.717) is 11.1 Å². The van der Waals surface area contributed by atoms with Crippen LogP contribution in [-0.2, 0) is 4.74 Å². The number of aromatic nitrogens is 2. The van der Waals surface area contributed by atoms with Crippen molar-refractivity contribution in [2.45, 2.75) is 44.3 Å². The highest BCUT2D eigenvalue weighted by Crippen LogP contribution is 2.47. The summed E-state index contributed by atoms with van der Waals surface area (Å²) in [6, 6.07) is 15.5. The molecule has 0 spiro atoms. The summed E-state index contributed by atoms with van der Waals surface area (Å²) in [6.07, 6.45) is -2.98.